The van der Waals surface area contributed by atoms with E-state index in [0.717, 1.165) is 44.4 Å². The Morgan fingerprint density at radius 3 is 2.40 bits per heavy atom. The van der Waals surface area contributed by atoms with E-state index in [9.17, 15) is 0 Å². The molecule has 1 unspecified atom stereocenters. The summed E-state index contributed by atoms with van der Waals surface area (Å²) in [5.74, 6) is 2.38. The van der Waals surface area contributed by atoms with E-state index >= 15 is 0 Å². The van der Waals surface area contributed by atoms with Gasteiger partial charge in [0, 0.05) is 19.6 Å². The number of hydrogen-bond acceptors (Lipinski definition) is 3. The molecule has 2 rings (SSSR count). The first-order valence-corrected chi connectivity index (χ1v) is 9.54. The maximum atomic E-state index is 5.30. The van der Waals surface area contributed by atoms with Crippen molar-refractivity contribution in [2.45, 2.75) is 39.7 Å². The zero-order chi connectivity index (χ0) is 18.1. The molecule has 0 bridgehead atoms. The summed E-state index contributed by atoms with van der Waals surface area (Å²) in [6.07, 6.45) is 2.57. The van der Waals surface area contributed by atoms with E-state index in [1.54, 1.807) is 7.11 Å². The van der Waals surface area contributed by atoms with Gasteiger partial charge in [0.2, 0.25) is 0 Å². The molecule has 140 valence electrons. The third kappa shape index (κ3) is 6.24. The molecule has 1 aromatic rings. The van der Waals surface area contributed by atoms with E-state index in [4.69, 9.17) is 4.74 Å². The van der Waals surface area contributed by atoms with E-state index in [2.05, 4.69) is 65.6 Å². The Labute approximate surface area is 152 Å². The summed E-state index contributed by atoms with van der Waals surface area (Å²) < 4.78 is 5.30. The van der Waals surface area contributed by atoms with Crippen molar-refractivity contribution in [2.75, 3.05) is 39.8 Å². The third-order valence-corrected chi connectivity index (χ3v) is 4.50. The van der Waals surface area contributed by atoms with Crippen molar-refractivity contribution in [3.05, 3.63) is 29.8 Å². The lowest BCUT2D eigenvalue weighted by molar-refractivity contribution is 0.245. The average Bonchev–Trinajstić information content (AvgIpc) is 3.14. The van der Waals surface area contributed by atoms with Crippen LogP contribution in [-0.4, -0.2) is 50.7 Å². The molecule has 25 heavy (non-hydrogen) atoms. The van der Waals surface area contributed by atoms with Crippen LogP contribution in [0.15, 0.2) is 29.3 Å². The van der Waals surface area contributed by atoms with Crippen molar-refractivity contribution < 1.29 is 4.74 Å². The van der Waals surface area contributed by atoms with Gasteiger partial charge in [-0.2, -0.15) is 0 Å². The monoisotopic (exact) mass is 346 g/mol. The SMILES string of the molecule is CCNC(=NCC(C)C)NCC(c1ccc(OC)cc1)N1CCCC1. The van der Waals surface area contributed by atoms with Gasteiger partial charge in [-0.15, -0.1) is 0 Å². The van der Waals surface area contributed by atoms with E-state index in [-0.39, 0.29) is 0 Å². The summed E-state index contributed by atoms with van der Waals surface area (Å²) in [6.45, 7) is 11.4. The molecule has 1 heterocycles. The molecule has 2 N–H and O–H groups in total. The largest absolute Gasteiger partial charge is 0.497 e. The van der Waals surface area contributed by atoms with Gasteiger partial charge in [0.05, 0.1) is 13.2 Å². The van der Waals surface area contributed by atoms with Gasteiger partial charge in [0.25, 0.3) is 0 Å². The average molecular weight is 347 g/mol. The molecule has 1 aliphatic heterocycles. The highest BCUT2D eigenvalue weighted by atomic mass is 16.5. The van der Waals surface area contributed by atoms with Crippen molar-refractivity contribution in [1.29, 1.82) is 0 Å². The van der Waals surface area contributed by atoms with Crippen LogP contribution >= 0.6 is 0 Å². The van der Waals surface area contributed by atoms with Crippen LogP contribution in [0.5, 0.6) is 5.75 Å². The van der Waals surface area contributed by atoms with Crippen molar-refractivity contribution in [3.8, 4) is 5.75 Å². The van der Waals surface area contributed by atoms with Gasteiger partial charge < -0.3 is 15.4 Å². The fourth-order valence-corrected chi connectivity index (χ4v) is 3.15. The molecule has 0 amide bonds. The summed E-state index contributed by atoms with van der Waals surface area (Å²) in [5, 5.41) is 6.90. The van der Waals surface area contributed by atoms with Crippen molar-refractivity contribution in [3.63, 3.8) is 0 Å². The Bertz CT molecular complexity index is 521. The minimum Gasteiger partial charge on any atom is -0.497 e. The van der Waals surface area contributed by atoms with E-state index in [0.29, 0.717) is 12.0 Å². The number of aliphatic imine (C=N–C) groups is 1. The number of nitrogens with one attached hydrogen (secondary N) is 2. The lowest BCUT2D eigenvalue weighted by Crippen LogP contribution is -2.42. The molecule has 0 radical (unpaired) electrons. The van der Waals surface area contributed by atoms with Crippen molar-refractivity contribution in [2.24, 2.45) is 10.9 Å². The van der Waals surface area contributed by atoms with E-state index in [1.807, 2.05) is 0 Å². The van der Waals surface area contributed by atoms with Gasteiger partial charge in [-0.1, -0.05) is 26.0 Å². The molecule has 0 spiro atoms. The van der Waals surface area contributed by atoms with Crippen LogP contribution in [0, 0.1) is 5.92 Å². The summed E-state index contributed by atoms with van der Waals surface area (Å²) in [4.78, 5) is 7.26. The molecule has 1 aromatic carbocycles. The normalized spacial score (nSPS) is 16.9. The maximum absolute atomic E-state index is 5.30. The van der Waals surface area contributed by atoms with E-state index in [1.165, 1.54) is 18.4 Å². The molecule has 0 aliphatic carbocycles. The zero-order valence-electron chi connectivity index (χ0n) is 16.2. The first kappa shape index (κ1) is 19.6. The molecule has 0 aromatic heterocycles. The molecule has 1 atom stereocenters. The molecule has 1 aliphatic rings. The summed E-state index contributed by atoms with van der Waals surface area (Å²) in [5.41, 5.74) is 1.33. The van der Waals surface area contributed by atoms with E-state index < -0.39 is 0 Å². The minimum atomic E-state index is 0.358. The fourth-order valence-electron chi connectivity index (χ4n) is 3.15. The predicted octanol–water partition coefficient (Wildman–Crippen LogP) is 3.04. The molecule has 5 heteroatoms. The number of methoxy groups -OCH3 is 1. The van der Waals surface area contributed by atoms with Crippen LogP contribution in [-0.2, 0) is 0 Å². The Hall–Kier alpha value is -1.75. The molecular weight excluding hydrogens is 312 g/mol. The summed E-state index contributed by atoms with van der Waals surface area (Å²) >= 11 is 0. The maximum Gasteiger partial charge on any atom is 0.191 e. The Kier molecular flexibility index (Phi) is 8.06. The highest BCUT2D eigenvalue weighted by Gasteiger charge is 2.23. The molecule has 5 nitrogen and oxygen atoms in total. The second-order valence-corrected chi connectivity index (χ2v) is 7.03. The quantitative estimate of drug-likeness (QED) is 0.561. The number of benzene rings is 1. The van der Waals surface area contributed by atoms with Crippen molar-refractivity contribution >= 4 is 5.96 Å². The van der Waals surface area contributed by atoms with Gasteiger partial charge >= 0.3 is 0 Å². The predicted molar refractivity (Wildman–Crippen MR) is 105 cm³/mol. The number of guanidine groups is 1. The van der Waals surface area contributed by atoms with Gasteiger partial charge in [0.15, 0.2) is 5.96 Å². The third-order valence-electron chi connectivity index (χ3n) is 4.50. The van der Waals surface area contributed by atoms with Crippen LogP contribution in [0.4, 0.5) is 0 Å². The minimum absolute atomic E-state index is 0.358. The van der Waals surface area contributed by atoms with Crippen LogP contribution < -0.4 is 15.4 Å². The summed E-state index contributed by atoms with van der Waals surface area (Å²) in [7, 11) is 1.71. The van der Waals surface area contributed by atoms with Crippen LogP contribution in [0.2, 0.25) is 0 Å². The Balaban J connectivity index is 2.07. The molecule has 1 saturated heterocycles. The second kappa shape index (κ2) is 10.3. The second-order valence-electron chi connectivity index (χ2n) is 7.03. The first-order valence-electron chi connectivity index (χ1n) is 9.54. The Morgan fingerprint density at radius 2 is 1.84 bits per heavy atom. The number of likely N-dealkylation sites (tertiary alicyclic amines) is 1. The lowest BCUT2D eigenvalue weighted by Gasteiger charge is -2.29. The fraction of sp³-hybridized carbons (Fsp3) is 0.650. The van der Waals surface area contributed by atoms with Gasteiger partial charge in [-0.25, -0.2) is 0 Å². The highest BCUT2D eigenvalue weighted by molar-refractivity contribution is 5.79. The molecular formula is C20H34N4O. The van der Waals surface area contributed by atoms with Crippen LogP contribution in [0.3, 0.4) is 0 Å². The number of ether oxygens (including phenoxy) is 1. The number of rotatable bonds is 8. The van der Waals surface area contributed by atoms with Gasteiger partial charge in [-0.3, -0.25) is 9.89 Å². The topological polar surface area (TPSA) is 48.9 Å². The van der Waals surface area contributed by atoms with Crippen LogP contribution in [0.1, 0.15) is 45.2 Å². The molecule has 0 saturated carbocycles. The highest BCUT2D eigenvalue weighted by Crippen LogP contribution is 2.26. The lowest BCUT2D eigenvalue weighted by atomic mass is 10.1. The van der Waals surface area contributed by atoms with Crippen molar-refractivity contribution in [1.82, 2.24) is 15.5 Å². The van der Waals surface area contributed by atoms with Gasteiger partial charge in [-0.05, 0) is 56.5 Å². The van der Waals surface area contributed by atoms with Gasteiger partial charge in [0.1, 0.15) is 5.75 Å². The standard InChI is InChI=1S/C20H34N4O/c1-5-21-20(22-14-16(2)3)23-15-19(24-12-6-7-13-24)17-8-10-18(25-4)11-9-17/h8-11,16,19H,5-7,12-15H2,1-4H3,(H2,21,22,23). The first-order chi connectivity index (χ1) is 12.1. The summed E-state index contributed by atoms with van der Waals surface area (Å²) in [6, 6.07) is 8.83. The Morgan fingerprint density at radius 1 is 1.16 bits per heavy atom. The number of nitrogens with zero attached hydrogens (tertiary/aromatic N) is 2. The zero-order valence-corrected chi connectivity index (χ0v) is 16.2. The smallest absolute Gasteiger partial charge is 0.191 e. The molecule has 1 fully saturated rings. The van der Waals surface area contributed by atoms with Crippen LogP contribution in [0.25, 0.3) is 0 Å². The number of hydrogen-bond donors (Lipinski definition) is 2.